The average Bonchev–Trinajstić information content (AvgIpc) is 3.18. The van der Waals surface area contributed by atoms with Gasteiger partial charge in [-0.1, -0.05) is 24.3 Å². The quantitative estimate of drug-likeness (QED) is 0.884. The van der Waals surface area contributed by atoms with Crippen molar-refractivity contribution in [2.45, 2.75) is 25.9 Å². The van der Waals surface area contributed by atoms with Crippen molar-refractivity contribution in [2.75, 3.05) is 13.1 Å². The molecule has 1 aromatic carbocycles. The molecule has 116 valence electrons. The first kappa shape index (κ1) is 15.3. The van der Waals surface area contributed by atoms with Gasteiger partial charge in [0, 0.05) is 13.1 Å². The summed E-state index contributed by atoms with van der Waals surface area (Å²) in [6, 6.07) is 11.8. The molecule has 0 radical (unpaired) electrons. The molecule has 5 heteroatoms. The maximum atomic E-state index is 11.9. The maximum absolute atomic E-state index is 11.9. The van der Waals surface area contributed by atoms with Crippen LogP contribution in [0.25, 0.3) is 0 Å². The number of rotatable bonds is 5. The van der Waals surface area contributed by atoms with Crippen molar-refractivity contribution in [3.8, 4) is 0 Å². The van der Waals surface area contributed by atoms with Crippen molar-refractivity contribution in [1.82, 2.24) is 10.2 Å². The zero-order valence-electron chi connectivity index (χ0n) is 12.3. The molecule has 1 aromatic heterocycles. The van der Waals surface area contributed by atoms with Gasteiger partial charge in [-0.15, -0.1) is 0 Å². The molecule has 0 unspecified atom stereocenters. The zero-order valence-corrected chi connectivity index (χ0v) is 13.9. The maximum Gasteiger partial charge on any atom is 0.287 e. The van der Waals surface area contributed by atoms with Gasteiger partial charge >= 0.3 is 0 Å². The molecule has 1 fully saturated rings. The van der Waals surface area contributed by atoms with Crippen molar-refractivity contribution < 1.29 is 9.21 Å². The molecule has 0 spiro atoms. The third-order valence-electron chi connectivity index (χ3n) is 3.88. The number of nitrogens with zero attached hydrogens (tertiary/aromatic N) is 1. The van der Waals surface area contributed by atoms with Gasteiger partial charge in [0.15, 0.2) is 10.4 Å². The first-order valence-corrected chi connectivity index (χ1v) is 8.34. The van der Waals surface area contributed by atoms with Gasteiger partial charge < -0.3 is 9.73 Å². The lowest BCUT2D eigenvalue weighted by Crippen LogP contribution is -2.22. The third-order valence-corrected chi connectivity index (χ3v) is 4.30. The number of hydrogen-bond donors (Lipinski definition) is 1. The number of nitrogens with one attached hydrogen (secondary N) is 1. The molecule has 22 heavy (non-hydrogen) atoms. The summed E-state index contributed by atoms with van der Waals surface area (Å²) in [7, 11) is 0. The summed E-state index contributed by atoms with van der Waals surface area (Å²) < 4.78 is 5.79. The smallest absolute Gasteiger partial charge is 0.287 e. The molecule has 1 aliphatic heterocycles. The van der Waals surface area contributed by atoms with Gasteiger partial charge in [-0.2, -0.15) is 0 Å². The van der Waals surface area contributed by atoms with Gasteiger partial charge in [0.1, 0.15) is 0 Å². The van der Waals surface area contributed by atoms with Crippen LogP contribution in [-0.2, 0) is 13.1 Å². The van der Waals surface area contributed by atoms with Crippen LogP contribution in [0.1, 0.15) is 34.5 Å². The normalized spacial score (nSPS) is 15.1. The van der Waals surface area contributed by atoms with Crippen LogP contribution in [-0.4, -0.2) is 23.9 Å². The molecule has 2 heterocycles. The molecular formula is C17H19BrN2O2. The molecule has 1 aliphatic rings. The second kappa shape index (κ2) is 7.11. The standard InChI is InChI=1S/C17H19BrN2O2/c18-16-8-7-15(22-16)17(21)19-11-13-3-5-14(6-4-13)12-20-9-1-2-10-20/h3-8H,1-2,9-12H2,(H,19,21). The van der Waals surface area contributed by atoms with E-state index in [0.717, 1.165) is 12.1 Å². The fraction of sp³-hybridized carbons (Fsp3) is 0.353. The number of benzene rings is 1. The van der Waals surface area contributed by atoms with Gasteiger partial charge in [-0.25, -0.2) is 0 Å². The summed E-state index contributed by atoms with van der Waals surface area (Å²) in [5.41, 5.74) is 2.41. The van der Waals surface area contributed by atoms with Crippen molar-refractivity contribution >= 4 is 21.8 Å². The lowest BCUT2D eigenvalue weighted by Gasteiger charge is -2.14. The molecule has 1 saturated heterocycles. The molecule has 0 saturated carbocycles. The van der Waals surface area contributed by atoms with Gasteiger partial charge in [0.05, 0.1) is 0 Å². The monoisotopic (exact) mass is 362 g/mol. The molecule has 0 atom stereocenters. The highest BCUT2D eigenvalue weighted by molar-refractivity contribution is 9.10. The van der Waals surface area contributed by atoms with E-state index in [0.29, 0.717) is 17.0 Å². The first-order valence-electron chi connectivity index (χ1n) is 7.54. The van der Waals surface area contributed by atoms with E-state index < -0.39 is 0 Å². The van der Waals surface area contributed by atoms with Crippen LogP contribution in [0.4, 0.5) is 0 Å². The Bertz CT molecular complexity index is 630. The summed E-state index contributed by atoms with van der Waals surface area (Å²) in [6.07, 6.45) is 2.63. The number of likely N-dealkylation sites (tertiary alicyclic amines) is 1. The van der Waals surface area contributed by atoms with Crippen molar-refractivity contribution in [3.05, 3.63) is 58.0 Å². The van der Waals surface area contributed by atoms with Crippen molar-refractivity contribution in [3.63, 3.8) is 0 Å². The SMILES string of the molecule is O=C(NCc1ccc(CN2CCCC2)cc1)c1ccc(Br)o1. The van der Waals surface area contributed by atoms with Gasteiger partial charge in [0.2, 0.25) is 0 Å². The van der Waals surface area contributed by atoms with Crippen LogP contribution in [0.2, 0.25) is 0 Å². The molecule has 1 N–H and O–H groups in total. The minimum atomic E-state index is -0.202. The predicted molar refractivity (Wildman–Crippen MR) is 88.5 cm³/mol. The third kappa shape index (κ3) is 3.99. The highest BCUT2D eigenvalue weighted by Gasteiger charge is 2.12. The van der Waals surface area contributed by atoms with E-state index in [1.807, 2.05) is 0 Å². The lowest BCUT2D eigenvalue weighted by molar-refractivity contribution is 0.0922. The number of amides is 1. The highest BCUT2D eigenvalue weighted by Crippen LogP contribution is 2.15. The summed E-state index contributed by atoms with van der Waals surface area (Å²) in [5, 5.41) is 2.86. The number of carbonyl (C=O) groups excluding carboxylic acids is 1. The number of furan rings is 1. The second-order valence-electron chi connectivity index (χ2n) is 5.59. The molecule has 0 aliphatic carbocycles. The van der Waals surface area contributed by atoms with E-state index in [9.17, 15) is 4.79 Å². The van der Waals surface area contributed by atoms with E-state index in [1.54, 1.807) is 12.1 Å². The first-order chi connectivity index (χ1) is 10.7. The largest absolute Gasteiger partial charge is 0.444 e. The topological polar surface area (TPSA) is 45.5 Å². The minimum Gasteiger partial charge on any atom is -0.444 e. The number of halogens is 1. The summed E-state index contributed by atoms with van der Waals surface area (Å²) in [6.45, 7) is 3.93. The summed E-state index contributed by atoms with van der Waals surface area (Å²) in [4.78, 5) is 14.4. The van der Waals surface area contributed by atoms with E-state index in [2.05, 4.69) is 50.4 Å². The van der Waals surface area contributed by atoms with Crippen LogP contribution in [0, 0.1) is 0 Å². The molecule has 0 bridgehead atoms. The van der Waals surface area contributed by atoms with Gasteiger partial charge in [-0.3, -0.25) is 9.69 Å². The van der Waals surface area contributed by atoms with Crippen LogP contribution in [0.15, 0.2) is 45.5 Å². The number of hydrogen-bond acceptors (Lipinski definition) is 3. The van der Waals surface area contributed by atoms with Crippen molar-refractivity contribution in [1.29, 1.82) is 0 Å². The fourth-order valence-electron chi connectivity index (χ4n) is 2.67. The Hall–Kier alpha value is -1.59. The molecule has 3 rings (SSSR count). The van der Waals surface area contributed by atoms with Crippen LogP contribution in [0.5, 0.6) is 0 Å². The number of carbonyl (C=O) groups is 1. The molecule has 4 nitrogen and oxygen atoms in total. The highest BCUT2D eigenvalue weighted by atomic mass is 79.9. The summed E-state index contributed by atoms with van der Waals surface area (Å²) in [5.74, 6) is 0.115. The van der Waals surface area contributed by atoms with Crippen LogP contribution in [0.3, 0.4) is 0 Å². The van der Waals surface area contributed by atoms with E-state index in [1.165, 1.54) is 31.5 Å². The summed E-state index contributed by atoms with van der Waals surface area (Å²) >= 11 is 3.19. The van der Waals surface area contributed by atoms with E-state index in [4.69, 9.17) is 4.42 Å². The lowest BCUT2D eigenvalue weighted by atomic mass is 10.1. The Balaban J connectivity index is 1.51. The average molecular weight is 363 g/mol. The van der Waals surface area contributed by atoms with E-state index in [-0.39, 0.29) is 5.91 Å². The Morgan fingerprint density at radius 1 is 1.09 bits per heavy atom. The molecule has 1 amide bonds. The van der Waals surface area contributed by atoms with Gasteiger partial charge in [-0.05, 0) is 65.1 Å². The van der Waals surface area contributed by atoms with E-state index >= 15 is 0 Å². The second-order valence-corrected chi connectivity index (χ2v) is 6.37. The fourth-order valence-corrected chi connectivity index (χ4v) is 2.97. The zero-order chi connectivity index (χ0) is 15.4. The Labute approximate surface area is 138 Å². The Morgan fingerprint density at radius 2 is 1.77 bits per heavy atom. The van der Waals surface area contributed by atoms with Gasteiger partial charge in [0.25, 0.3) is 5.91 Å². The Morgan fingerprint density at radius 3 is 2.41 bits per heavy atom. The van der Waals surface area contributed by atoms with Crippen molar-refractivity contribution in [2.24, 2.45) is 0 Å². The Kier molecular flexibility index (Phi) is 4.95. The van der Waals surface area contributed by atoms with Crippen LogP contribution >= 0.6 is 15.9 Å². The minimum absolute atomic E-state index is 0.202. The predicted octanol–water partition coefficient (Wildman–Crippen LogP) is 3.57. The molecular weight excluding hydrogens is 344 g/mol. The van der Waals surface area contributed by atoms with Crippen LogP contribution < -0.4 is 5.32 Å². The molecule has 2 aromatic rings.